The maximum atomic E-state index is 13.6. The number of aromatic nitrogens is 8. The van der Waals surface area contributed by atoms with Crippen molar-refractivity contribution in [1.82, 2.24) is 38.7 Å². The van der Waals surface area contributed by atoms with E-state index in [0.29, 0.717) is 65.1 Å². The lowest BCUT2D eigenvalue weighted by Gasteiger charge is -2.31. The van der Waals surface area contributed by atoms with Crippen LogP contribution in [-0.4, -0.2) is 62.3 Å². The quantitative estimate of drug-likeness (QED) is 0.148. The summed E-state index contributed by atoms with van der Waals surface area (Å²) in [5.41, 5.74) is 16.8. The van der Waals surface area contributed by atoms with Crippen LogP contribution in [0.3, 0.4) is 0 Å². The molecule has 1 aliphatic rings. The lowest BCUT2D eigenvalue weighted by Crippen LogP contribution is -2.25. The van der Waals surface area contributed by atoms with Gasteiger partial charge in [-0.25, -0.2) is 9.97 Å². The van der Waals surface area contributed by atoms with Crippen molar-refractivity contribution in [3.05, 3.63) is 82.4 Å². The number of carbonyl (C=O) groups is 4. The summed E-state index contributed by atoms with van der Waals surface area (Å²) in [6, 6.07) is 13.7. The van der Waals surface area contributed by atoms with Crippen molar-refractivity contribution >= 4 is 57.6 Å². The Morgan fingerprint density at radius 2 is 1.19 bits per heavy atom. The standard InChI is InChI=1S/C37H42N12O4/c1-5-47-30(15-20(3)44-47)34(52)42-36-40-26-17-23(32(38)50)9-13-28(26)46(36)19-22-7-11-25(12-8-22)49-29-14-10-24(33(39)51)18-27(29)41-37(49)43-35(53)31-16-21(4)45-48(31)6-2/h9-10,13-18,22,25H,5-8,11-12,19H2,1-4H3,(H2,38,50)(H2,39,51)(H,40,42,52)(H,41,43,53)/t22-,25-. The van der Waals surface area contributed by atoms with Gasteiger partial charge in [0, 0.05) is 36.8 Å². The molecule has 0 saturated heterocycles. The van der Waals surface area contributed by atoms with E-state index in [0.717, 1.165) is 48.1 Å². The molecule has 0 aliphatic heterocycles. The van der Waals surface area contributed by atoms with Crippen molar-refractivity contribution in [2.75, 3.05) is 10.6 Å². The number of imidazole rings is 2. The van der Waals surface area contributed by atoms with Gasteiger partial charge in [0.2, 0.25) is 23.7 Å². The predicted octanol–water partition coefficient (Wildman–Crippen LogP) is 4.57. The Morgan fingerprint density at radius 1 is 0.698 bits per heavy atom. The van der Waals surface area contributed by atoms with Gasteiger partial charge in [-0.05, 0) is 108 Å². The fraction of sp³-hybridized carbons (Fsp3) is 0.351. The molecule has 274 valence electrons. The van der Waals surface area contributed by atoms with Crippen LogP contribution in [0.2, 0.25) is 0 Å². The Morgan fingerprint density at radius 3 is 1.72 bits per heavy atom. The van der Waals surface area contributed by atoms with E-state index in [2.05, 4.69) is 25.4 Å². The van der Waals surface area contributed by atoms with E-state index < -0.39 is 11.8 Å². The highest BCUT2D eigenvalue weighted by atomic mass is 16.2. The Labute approximate surface area is 304 Å². The number of nitrogens with one attached hydrogen (secondary N) is 2. The monoisotopic (exact) mass is 718 g/mol. The van der Waals surface area contributed by atoms with E-state index in [4.69, 9.17) is 21.4 Å². The highest BCUT2D eigenvalue weighted by molar-refractivity contribution is 6.04. The highest BCUT2D eigenvalue weighted by Gasteiger charge is 2.29. The van der Waals surface area contributed by atoms with Gasteiger partial charge in [0.05, 0.1) is 33.5 Å². The SMILES string of the molecule is CCn1nc(C)cc1C(=O)Nc1nc2cc(C(N)=O)ccc2n1C[C@H]1CC[C@H](n2c(NC(=O)c3cc(C)nn3CC)nc3cc(C(N)=O)ccc32)CC1. The van der Waals surface area contributed by atoms with Crippen molar-refractivity contribution in [2.24, 2.45) is 17.4 Å². The summed E-state index contributed by atoms with van der Waals surface area (Å²) in [7, 11) is 0. The van der Waals surface area contributed by atoms with Crippen molar-refractivity contribution in [1.29, 1.82) is 0 Å². The number of amides is 4. The molecular weight excluding hydrogens is 676 g/mol. The molecule has 0 radical (unpaired) electrons. The number of aryl methyl sites for hydroxylation is 4. The van der Waals surface area contributed by atoms with Crippen molar-refractivity contribution in [3.63, 3.8) is 0 Å². The van der Waals surface area contributed by atoms with Crippen LogP contribution in [0.5, 0.6) is 0 Å². The third-order valence-corrected chi connectivity index (χ3v) is 9.95. The summed E-state index contributed by atoms with van der Waals surface area (Å²) in [4.78, 5) is 60.6. The second kappa shape index (κ2) is 14.0. The number of anilines is 2. The number of nitrogens with two attached hydrogens (primary N) is 2. The van der Waals surface area contributed by atoms with E-state index in [1.807, 2.05) is 44.4 Å². The van der Waals surface area contributed by atoms with Gasteiger partial charge in [-0.15, -0.1) is 0 Å². The normalized spacial score (nSPS) is 15.9. The number of hydrogen-bond acceptors (Lipinski definition) is 8. The molecule has 16 heteroatoms. The summed E-state index contributed by atoms with van der Waals surface area (Å²) in [5.74, 6) is -0.815. The first-order valence-electron chi connectivity index (χ1n) is 17.8. The van der Waals surface area contributed by atoms with Crippen molar-refractivity contribution < 1.29 is 19.2 Å². The molecule has 1 saturated carbocycles. The summed E-state index contributed by atoms with van der Waals surface area (Å²) in [6.07, 6.45) is 3.20. The third kappa shape index (κ3) is 6.74. The van der Waals surface area contributed by atoms with Crippen molar-refractivity contribution in [2.45, 2.75) is 79.1 Å². The molecule has 1 fully saturated rings. The van der Waals surface area contributed by atoms with Gasteiger partial charge in [0.15, 0.2) is 0 Å². The summed E-state index contributed by atoms with van der Waals surface area (Å²) in [6.45, 7) is 9.16. The van der Waals surface area contributed by atoms with Crippen LogP contribution in [0.1, 0.15) is 98.7 Å². The number of carbonyl (C=O) groups excluding carboxylic acids is 4. The number of rotatable bonds is 11. The first kappa shape index (κ1) is 35.1. The lowest BCUT2D eigenvalue weighted by atomic mass is 9.85. The molecule has 0 spiro atoms. The molecule has 4 heterocycles. The zero-order chi connectivity index (χ0) is 37.6. The highest BCUT2D eigenvalue weighted by Crippen LogP contribution is 2.38. The van der Waals surface area contributed by atoms with E-state index in [1.165, 1.54) is 0 Å². The second-order valence-electron chi connectivity index (χ2n) is 13.5. The van der Waals surface area contributed by atoms with Gasteiger partial charge in [-0.2, -0.15) is 10.2 Å². The van der Waals surface area contributed by atoms with E-state index in [1.54, 1.807) is 45.8 Å². The van der Waals surface area contributed by atoms with Gasteiger partial charge >= 0.3 is 0 Å². The number of primary amides is 2. The second-order valence-corrected chi connectivity index (χ2v) is 13.5. The average molecular weight is 719 g/mol. The number of benzene rings is 2. The average Bonchev–Trinajstić information content (AvgIpc) is 3.90. The molecule has 16 nitrogen and oxygen atoms in total. The summed E-state index contributed by atoms with van der Waals surface area (Å²) < 4.78 is 7.34. The summed E-state index contributed by atoms with van der Waals surface area (Å²) >= 11 is 0. The molecule has 4 amide bonds. The minimum absolute atomic E-state index is 0.00167. The zero-order valence-corrected chi connectivity index (χ0v) is 30.1. The van der Waals surface area contributed by atoms with Crippen LogP contribution in [0.15, 0.2) is 48.5 Å². The molecule has 2 aromatic carbocycles. The first-order valence-corrected chi connectivity index (χ1v) is 17.8. The number of nitrogens with zero attached hydrogens (tertiary/aromatic N) is 8. The zero-order valence-electron chi connectivity index (χ0n) is 30.1. The number of fused-ring (bicyclic) bond motifs is 2. The maximum Gasteiger partial charge on any atom is 0.276 e. The maximum absolute atomic E-state index is 13.6. The fourth-order valence-corrected chi connectivity index (χ4v) is 7.39. The fourth-order valence-electron chi connectivity index (χ4n) is 7.39. The Kier molecular flexibility index (Phi) is 9.28. The molecule has 4 aromatic heterocycles. The van der Waals surface area contributed by atoms with Crippen LogP contribution in [0.4, 0.5) is 11.9 Å². The molecule has 0 bridgehead atoms. The van der Waals surface area contributed by atoms with Gasteiger partial charge in [0.25, 0.3) is 11.8 Å². The smallest absolute Gasteiger partial charge is 0.276 e. The van der Waals surface area contributed by atoms with Crippen LogP contribution in [-0.2, 0) is 19.6 Å². The first-order chi connectivity index (χ1) is 25.4. The van der Waals surface area contributed by atoms with Crippen LogP contribution < -0.4 is 22.1 Å². The van der Waals surface area contributed by atoms with E-state index in [9.17, 15) is 19.2 Å². The van der Waals surface area contributed by atoms with Gasteiger partial charge in [-0.1, -0.05) is 0 Å². The predicted molar refractivity (Wildman–Crippen MR) is 199 cm³/mol. The van der Waals surface area contributed by atoms with E-state index in [-0.39, 0.29) is 23.8 Å². The Balaban J connectivity index is 1.16. The summed E-state index contributed by atoms with van der Waals surface area (Å²) in [5, 5.41) is 14.8. The molecule has 53 heavy (non-hydrogen) atoms. The molecule has 0 atom stereocenters. The van der Waals surface area contributed by atoms with Gasteiger partial charge < -0.3 is 20.6 Å². The topological polar surface area (TPSA) is 216 Å². The molecule has 0 unspecified atom stereocenters. The van der Waals surface area contributed by atoms with Crippen LogP contribution >= 0.6 is 0 Å². The minimum Gasteiger partial charge on any atom is -0.366 e. The molecular formula is C37H42N12O4. The molecule has 6 aromatic rings. The van der Waals surface area contributed by atoms with E-state index >= 15 is 0 Å². The molecule has 7 rings (SSSR count). The van der Waals surface area contributed by atoms with Crippen LogP contribution in [0, 0.1) is 19.8 Å². The van der Waals surface area contributed by atoms with Gasteiger partial charge in [-0.3, -0.25) is 39.2 Å². The Bertz CT molecular complexity index is 2410. The Hall–Kier alpha value is -6.32. The number of hydrogen-bond donors (Lipinski definition) is 4. The molecule has 1 aliphatic carbocycles. The third-order valence-electron chi connectivity index (χ3n) is 9.95. The lowest BCUT2D eigenvalue weighted by molar-refractivity contribution is 0.0992. The van der Waals surface area contributed by atoms with Crippen LogP contribution in [0.25, 0.3) is 22.1 Å². The largest absolute Gasteiger partial charge is 0.366 e. The minimum atomic E-state index is -0.563. The molecule has 6 N–H and O–H groups in total. The van der Waals surface area contributed by atoms with Crippen molar-refractivity contribution in [3.8, 4) is 0 Å². The van der Waals surface area contributed by atoms with Gasteiger partial charge in [0.1, 0.15) is 11.4 Å².